The van der Waals surface area contributed by atoms with E-state index < -0.39 is 0 Å². The average molecular weight is 99.1 g/mol. The lowest BCUT2D eigenvalue weighted by atomic mass is 10.4. The van der Waals surface area contributed by atoms with E-state index in [0.717, 1.165) is 0 Å². The predicted octanol–water partition coefficient (Wildman–Crippen LogP) is -0.103. The van der Waals surface area contributed by atoms with Crippen LogP contribution in [0, 0.1) is 0 Å². The zero-order chi connectivity index (χ0) is 5.70. The lowest BCUT2D eigenvalue weighted by Crippen LogP contribution is -2.16. The van der Waals surface area contributed by atoms with E-state index in [1.807, 2.05) is 0 Å². The monoisotopic (exact) mass is 99.1 g/mol. The first-order chi connectivity index (χ1) is 3.31. The SMILES string of the molecule is CNCC(C)=[N+]=[N-]. The molecule has 1 N–H and O–H groups in total. The van der Waals surface area contributed by atoms with Crippen molar-refractivity contribution < 1.29 is 4.79 Å². The van der Waals surface area contributed by atoms with Crippen LogP contribution in [0.1, 0.15) is 6.92 Å². The van der Waals surface area contributed by atoms with Gasteiger partial charge in [-0.25, -0.2) is 0 Å². The summed E-state index contributed by atoms with van der Waals surface area (Å²) < 4.78 is 0. The lowest BCUT2D eigenvalue weighted by molar-refractivity contribution is -0.00790. The third-order valence-corrected chi connectivity index (χ3v) is 0.603. The van der Waals surface area contributed by atoms with Gasteiger partial charge in [0.25, 0.3) is 5.71 Å². The van der Waals surface area contributed by atoms with Crippen LogP contribution in [0.15, 0.2) is 0 Å². The highest BCUT2D eigenvalue weighted by molar-refractivity contribution is 5.78. The van der Waals surface area contributed by atoms with Crippen molar-refractivity contribution in [1.82, 2.24) is 5.32 Å². The van der Waals surface area contributed by atoms with Crippen LogP contribution in [0.2, 0.25) is 0 Å². The highest BCUT2D eigenvalue weighted by Gasteiger charge is 1.91. The maximum atomic E-state index is 8.01. The molecule has 0 spiro atoms. The standard InChI is InChI=1S/C4H9N3/c1-4(7-5)3-6-2/h6H,3H2,1-2H3. The van der Waals surface area contributed by atoms with Gasteiger partial charge in [0.1, 0.15) is 0 Å². The Hall–Kier alpha value is -0.660. The maximum Gasteiger partial charge on any atom is 0.279 e. The Morgan fingerprint density at radius 1 is 1.86 bits per heavy atom. The molecule has 0 atom stereocenters. The molecule has 0 bridgehead atoms. The van der Waals surface area contributed by atoms with Gasteiger partial charge < -0.3 is 10.8 Å². The molecular weight excluding hydrogens is 90.1 g/mol. The Morgan fingerprint density at radius 3 is 2.57 bits per heavy atom. The summed E-state index contributed by atoms with van der Waals surface area (Å²) in [6.45, 7) is 2.40. The predicted molar refractivity (Wildman–Crippen MR) is 28.2 cm³/mol. The number of rotatable bonds is 2. The van der Waals surface area contributed by atoms with Crippen LogP contribution >= 0.6 is 0 Å². The molecule has 3 heteroatoms. The Balaban J connectivity index is 3.37. The second-order valence-electron chi connectivity index (χ2n) is 1.37. The van der Waals surface area contributed by atoms with Gasteiger partial charge in [0.15, 0.2) is 0 Å². The molecule has 0 aliphatic heterocycles. The Labute approximate surface area is 43.0 Å². The zero-order valence-corrected chi connectivity index (χ0v) is 4.60. The molecule has 0 saturated heterocycles. The summed E-state index contributed by atoms with van der Waals surface area (Å²) >= 11 is 0. The molecular formula is C4H9N3. The van der Waals surface area contributed by atoms with Gasteiger partial charge in [-0.05, 0) is 7.05 Å². The first kappa shape index (κ1) is 6.34. The van der Waals surface area contributed by atoms with E-state index in [-0.39, 0.29) is 0 Å². The molecule has 0 amide bonds. The van der Waals surface area contributed by atoms with Gasteiger partial charge in [0, 0.05) is 6.92 Å². The highest BCUT2D eigenvalue weighted by atomic mass is 14.9. The van der Waals surface area contributed by atoms with Crippen molar-refractivity contribution in [2.75, 3.05) is 13.6 Å². The Morgan fingerprint density at radius 2 is 2.43 bits per heavy atom. The Kier molecular flexibility index (Phi) is 3.19. The fraction of sp³-hybridized carbons (Fsp3) is 0.750. The van der Waals surface area contributed by atoms with Crippen molar-refractivity contribution in [1.29, 1.82) is 0 Å². The van der Waals surface area contributed by atoms with Crippen molar-refractivity contribution in [3.8, 4) is 0 Å². The second kappa shape index (κ2) is 3.53. The molecule has 0 aliphatic rings. The van der Waals surface area contributed by atoms with E-state index in [1.165, 1.54) is 0 Å². The van der Waals surface area contributed by atoms with Crippen molar-refractivity contribution in [3.05, 3.63) is 5.53 Å². The number of hydrogen-bond donors (Lipinski definition) is 1. The van der Waals surface area contributed by atoms with Gasteiger partial charge in [-0.1, -0.05) is 0 Å². The van der Waals surface area contributed by atoms with Crippen LogP contribution in [0.25, 0.3) is 5.53 Å². The minimum absolute atomic E-state index is 0.649. The van der Waals surface area contributed by atoms with E-state index in [4.69, 9.17) is 5.53 Å². The van der Waals surface area contributed by atoms with Crippen LogP contribution in [-0.2, 0) is 0 Å². The molecule has 7 heavy (non-hydrogen) atoms. The molecule has 0 rings (SSSR count). The van der Waals surface area contributed by atoms with Crippen LogP contribution in [0.5, 0.6) is 0 Å². The van der Waals surface area contributed by atoms with Gasteiger partial charge in [0.2, 0.25) is 0 Å². The lowest BCUT2D eigenvalue weighted by Gasteiger charge is -1.81. The molecule has 0 fully saturated rings. The van der Waals surface area contributed by atoms with Crippen LogP contribution in [-0.4, -0.2) is 24.1 Å². The van der Waals surface area contributed by atoms with Crippen molar-refractivity contribution in [2.45, 2.75) is 6.92 Å². The van der Waals surface area contributed by atoms with Gasteiger partial charge >= 0.3 is 0 Å². The van der Waals surface area contributed by atoms with Crippen LogP contribution in [0.3, 0.4) is 0 Å². The first-order valence-electron chi connectivity index (χ1n) is 2.13. The van der Waals surface area contributed by atoms with E-state index in [1.54, 1.807) is 14.0 Å². The molecule has 0 radical (unpaired) electrons. The Bertz CT molecular complexity index is 91.1. The highest BCUT2D eigenvalue weighted by Crippen LogP contribution is 1.58. The number of hydrogen-bond acceptors (Lipinski definition) is 1. The summed E-state index contributed by atoms with van der Waals surface area (Å²) in [5.41, 5.74) is 8.71. The molecule has 3 nitrogen and oxygen atoms in total. The smallest absolute Gasteiger partial charge is 0.279 e. The average Bonchev–Trinajstić information content (AvgIpc) is 1.68. The van der Waals surface area contributed by atoms with E-state index in [0.29, 0.717) is 12.3 Å². The quantitative estimate of drug-likeness (QED) is 0.293. The van der Waals surface area contributed by atoms with Gasteiger partial charge in [-0.3, -0.25) is 0 Å². The molecule has 0 heterocycles. The minimum Gasteiger partial charge on any atom is -0.362 e. The number of nitrogens with zero attached hydrogens (tertiary/aromatic N) is 2. The molecule has 0 aromatic heterocycles. The number of nitrogens with one attached hydrogen (secondary N) is 1. The third-order valence-electron chi connectivity index (χ3n) is 0.603. The molecule has 0 saturated carbocycles. The van der Waals surface area contributed by atoms with Crippen LogP contribution in [0.4, 0.5) is 0 Å². The minimum atomic E-state index is 0.649. The van der Waals surface area contributed by atoms with Crippen LogP contribution < -0.4 is 5.32 Å². The fourth-order valence-electron chi connectivity index (χ4n) is 0.291. The second-order valence-corrected chi connectivity index (χ2v) is 1.37. The van der Waals surface area contributed by atoms with E-state index in [9.17, 15) is 0 Å². The summed E-state index contributed by atoms with van der Waals surface area (Å²) in [5, 5.41) is 2.83. The van der Waals surface area contributed by atoms with Crippen molar-refractivity contribution in [2.24, 2.45) is 0 Å². The molecule has 0 aromatic carbocycles. The molecule has 0 aromatic rings. The fourth-order valence-corrected chi connectivity index (χ4v) is 0.291. The van der Waals surface area contributed by atoms with Gasteiger partial charge in [-0.2, -0.15) is 4.79 Å². The topological polar surface area (TPSA) is 48.4 Å². The molecule has 0 unspecified atom stereocenters. The normalized spacial score (nSPS) is 7.71. The summed E-state index contributed by atoms with van der Waals surface area (Å²) in [6, 6.07) is 0. The summed E-state index contributed by atoms with van der Waals surface area (Å²) in [6.07, 6.45) is 0. The first-order valence-corrected chi connectivity index (χ1v) is 2.13. The maximum absolute atomic E-state index is 8.01. The molecule has 0 aliphatic carbocycles. The summed E-state index contributed by atoms with van der Waals surface area (Å²) in [5.74, 6) is 0. The van der Waals surface area contributed by atoms with E-state index in [2.05, 4.69) is 10.1 Å². The van der Waals surface area contributed by atoms with Crippen molar-refractivity contribution >= 4 is 5.71 Å². The molecule has 40 valence electrons. The van der Waals surface area contributed by atoms with E-state index >= 15 is 0 Å². The van der Waals surface area contributed by atoms with Gasteiger partial charge in [0.05, 0.1) is 6.54 Å². The van der Waals surface area contributed by atoms with Gasteiger partial charge in [-0.15, -0.1) is 0 Å². The van der Waals surface area contributed by atoms with Crippen molar-refractivity contribution in [3.63, 3.8) is 0 Å². The summed E-state index contributed by atoms with van der Waals surface area (Å²) in [7, 11) is 1.80. The summed E-state index contributed by atoms with van der Waals surface area (Å²) in [4.78, 5) is 2.93. The third kappa shape index (κ3) is 3.16. The zero-order valence-electron chi connectivity index (χ0n) is 4.60. The largest absolute Gasteiger partial charge is 0.362 e.